The summed E-state index contributed by atoms with van der Waals surface area (Å²) in [6.45, 7) is 1.94. The lowest BCUT2D eigenvalue weighted by molar-refractivity contribution is 0.426. The van der Waals surface area contributed by atoms with Gasteiger partial charge in [0.05, 0.1) is 10.6 Å². The van der Waals surface area contributed by atoms with Crippen LogP contribution in [0.25, 0.3) is 11.5 Å². The van der Waals surface area contributed by atoms with Gasteiger partial charge in [-0.15, -0.1) is 0 Å². The van der Waals surface area contributed by atoms with Gasteiger partial charge >= 0.3 is 0 Å². The largest absolute Gasteiger partial charge is 0.398 e. The highest BCUT2D eigenvalue weighted by Crippen LogP contribution is 2.33. The lowest BCUT2D eigenvalue weighted by Gasteiger charge is -2.24. The highest BCUT2D eigenvalue weighted by Gasteiger charge is 2.19. The molecule has 0 radical (unpaired) electrons. The first-order valence-electron chi connectivity index (χ1n) is 6.39. The maximum atomic E-state index is 6.14. The SMILES string of the molecule is Nc1cccc(Cl)c1-c1nc(N2CCCCC2)no1. The number of hydrogen-bond acceptors (Lipinski definition) is 5. The average molecular weight is 279 g/mol. The average Bonchev–Trinajstić information content (AvgIpc) is 2.89. The Morgan fingerprint density at radius 3 is 2.74 bits per heavy atom. The van der Waals surface area contributed by atoms with Crippen molar-refractivity contribution in [2.45, 2.75) is 19.3 Å². The molecule has 1 aliphatic heterocycles. The van der Waals surface area contributed by atoms with Gasteiger partial charge < -0.3 is 15.2 Å². The zero-order chi connectivity index (χ0) is 13.2. The predicted octanol–water partition coefficient (Wildman–Crippen LogP) is 2.96. The lowest BCUT2D eigenvalue weighted by Crippen LogP contribution is -2.30. The highest BCUT2D eigenvalue weighted by atomic mass is 35.5. The minimum absolute atomic E-state index is 0.378. The van der Waals surface area contributed by atoms with Gasteiger partial charge in [0, 0.05) is 18.8 Å². The maximum absolute atomic E-state index is 6.14. The second-order valence-corrected chi connectivity index (χ2v) is 5.06. The number of benzene rings is 1. The molecule has 2 N–H and O–H groups in total. The van der Waals surface area contributed by atoms with E-state index in [1.54, 1.807) is 18.2 Å². The van der Waals surface area contributed by atoms with Crippen LogP contribution in [0.4, 0.5) is 11.6 Å². The van der Waals surface area contributed by atoms with Crippen LogP contribution in [0.15, 0.2) is 22.7 Å². The van der Waals surface area contributed by atoms with Gasteiger partial charge in [-0.2, -0.15) is 4.98 Å². The van der Waals surface area contributed by atoms with Gasteiger partial charge in [0.1, 0.15) is 0 Å². The Morgan fingerprint density at radius 2 is 2.00 bits per heavy atom. The number of nitrogens with two attached hydrogens (primary N) is 1. The van der Waals surface area contributed by atoms with E-state index in [4.69, 9.17) is 21.9 Å². The van der Waals surface area contributed by atoms with Crippen molar-refractivity contribution in [3.63, 3.8) is 0 Å². The molecule has 6 heteroatoms. The normalized spacial score (nSPS) is 15.7. The summed E-state index contributed by atoms with van der Waals surface area (Å²) in [6.07, 6.45) is 3.59. The van der Waals surface area contributed by atoms with E-state index in [1.165, 1.54) is 6.42 Å². The van der Waals surface area contributed by atoms with Crippen molar-refractivity contribution in [3.05, 3.63) is 23.2 Å². The number of hydrogen-bond donors (Lipinski definition) is 1. The molecule has 0 aliphatic carbocycles. The molecule has 1 aromatic heterocycles. The van der Waals surface area contributed by atoms with Crippen LogP contribution in [0.1, 0.15) is 19.3 Å². The Hall–Kier alpha value is -1.75. The van der Waals surface area contributed by atoms with Gasteiger partial charge in [-0.25, -0.2) is 0 Å². The summed E-state index contributed by atoms with van der Waals surface area (Å²) in [5.74, 6) is 0.998. The molecule has 0 spiro atoms. The second kappa shape index (κ2) is 5.09. The van der Waals surface area contributed by atoms with E-state index in [0.717, 1.165) is 25.9 Å². The predicted molar refractivity (Wildman–Crippen MR) is 75.2 cm³/mol. The van der Waals surface area contributed by atoms with Crippen molar-refractivity contribution >= 4 is 23.2 Å². The third-order valence-corrected chi connectivity index (χ3v) is 3.63. The molecular weight excluding hydrogens is 264 g/mol. The summed E-state index contributed by atoms with van der Waals surface area (Å²) in [6, 6.07) is 5.33. The van der Waals surface area contributed by atoms with Gasteiger partial charge in [0.15, 0.2) is 0 Å². The van der Waals surface area contributed by atoms with Crippen LogP contribution in [0, 0.1) is 0 Å². The van der Waals surface area contributed by atoms with E-state index in [2.05, 4.69) is 15.0 Å². The molecule has 3 rings (SSSR count). The number of aromatic nitrogens is 2. The molecule has 0 atom stereocenters. The molecule has 2 heterocycles. The fourth-order valence-electron chi connectivity index (χ4n) is 2.31. The zero-order valence-electron chi connectivity index (χ0n) is 10.5. The summed E-state index contributed by atoms with van der Waals surface area (Å²) in [5, 5.41) is 4.55. The van der Waals surface area contributed by atoms with E-state index in [0.29, 0.717) is 28.1 Å². The van der Waals surface area contributed by atoms with E-state index >= 15 is 0 Å². The summed E-state index contributed by atoms with van der Waals surface area (Å²) >= 11 is 6.14. The summed E-state index contributed by atoms with van der Waals surface area (Å²) in [5.41, 5.74) is 7.07. The molecule has 1 aliphatic rings. The summed E-state index contributed by atoms with van der Waals surface area (Å²) < 4.78 is 5.30. The van der Waals surface area contributed by atoms with Crippen molar-refractivity contribution < 1.29 is 4.52 Å². The first-order chi connectivity index (χ1) is 9.25. The standard InChI is InChI=1S/C13H15ClN4O/c14-9-5-4-6-10(15)11(9)12-16-13(17-19-12)18-7-2-1-3-8-18/h4-6H,1-3,7-8,15H2. The van der Waals surface area contributed by atoms with Crippen LogP contribution in [-0.2, 0) is 0 Å². The van der Waals surface area contributed by atoms with E-state index < -0.39 is 0 Å². The van der Waals surface area contributed by atoms with Crippen LogP contribution in [0.2, 0.25) is 5.02 Å². The Morgan fingerprint density at radius 1 is 1.21 bits per heavy atom. The molecule has 1 aromatic carbocycles. The second-order valence-electron chi connectivity index (χ2n) is 4.65. The third kappa shape index (κ3) is 2.38. The molecule has 0 bridgehead atoms. The fraction of sp³-hybridized carbons (Fsp3) is 0.385. The number of rotatable bonds is 2. The molecule has 0 unspecified atom stereocenters. The molecule has 1 saturated heterocycles. The van der Waals surface area contributed by atoms with Crippen molar-refractivity contribution in [1.29, 1.82) is 0 Å². The molecular formula is C13H15ClN4O. The van der Waals surface area contributed by atoms with Gasteiger partial charge in [0.2, 0.25) is 0 Å². The highest BCUT2D eigenvalue weighted by molar-refractivity contribution is 6.33. The number of nitrogens with zero attached hydrogens (tertiary/aromatic N) is 3. The minimum Gasteiger partial charge on any atom is -0.398 e. The minimum atomic E-state index is 0.378. The van der Waals surface area contributed by atoms with Crippen molar-refractivity contribution in [3.8, 4) is 11.5 Å². The molecule has 5 nitrogen and oxygen atoms in total. The molecule has 0 saturated carbocycles. The van der Waals surface area contributed by atoms with E-state index in [-0.39, 0.29) is 0 Å². The monoisotopic (exact) mass is 278 g/mol. The third-order valence-electron chi connectivity index (χ3n) is 3.31. The summed E-state index contributed by atoms with van der Waals surface area (Å²) in [4.78, 5) is 6.54. The Kier molecular flexibility index (Phi) is 3.29. The van der Waals surface area contributed by atoms with Crippen LogP contribution < -0.4 is 10.6 Å². The number of halogens is 1. The van der Waals surface area contributed by atoms with E-state index in [9.17, 15) is 0 Å². The quantitative estimate of drug-likeness (QED) is 0.856. The van der Waals surface area contributed by atoms with Crippen LogP contribution >= 0.6 is 11.6 Å². The number of anilines is 2. The van der Waals surface area contributed by atoms with Gasteiger partial charge in [-0.05, 0) is 36.6 Å². The van der Waals surface area contributed by atoms with Gasteiger partial charge in [-0.1, -0.05) is 17.7 Å². The van der Waals surface area contributed by atoms with Gasteiger partial charge in [-0.3, -0.25) is 0 Å². The van der Waals surface area contributed by atoms with Crippen molar-refractivity contribution in [1.82, 2.24) is 10.1 Å². The van der Waals surface area contributed by atoms with Crippen LogP contribution in [0.5, 0.6) is 0 Å². The Labute approximate surface area is 116 Å². The first-order valence-corrected chi connectivity index (χ1v) is 6.76. The van der Waals surface area contributed by atoms with E-state index in [1.807, 2.05) is 0 Å². The fourth-order valence-corrected chi connectivity index (χ4v) is 2.57. The molecule has 1 fully saturated rings. The smallest absolute Gasteiger partial charge is 0.266 e. The first kappa shape index (κ1) is 12.3. The lowest BCUT2D eigenvalue weighted by atomic mass is 10.1. The number of nitrogen functional groups attached to an aromatic ring is 1. The number of piperidine rings is 1. The molecule has 19 heavy (non-hydrogen) atoms. The maximum Gasteiger partial charge on any atom is 0.266 e. The van der Waals surface area contributed by atoms with Gasteiger partial charge in [0.25, 0.3) is 11.8 Å². The molecule has 100 valence electrons. The topological polar surface area (TPSA) is 68.2 Å². The summed E-state index contributed by atoms with van der Waals surface area (Å²) in [7, 11) is 0. The van der Waals surface area contributed by atoms with Crippen molar-refractivity contribution in [2.75, 3.05) is 23.7 Å². The van der Waals surface area contributed by atoms with Crippen LogP contribution in [-0.4, -0.2) is 23.2 Å². The Balaban J connectivity index is 1.92. The van der Waals surface area contributed by atoms with Crippen molar-refractivity contribution in [2.24, 2.45) is 0 Å². The Bertz CT molecular complexity index is 558. The van der Waals surface area contributed by atoms with Crippen LogP contribution in [0.3, 0.4) is 0 Å². The zero-order valence-corrected chi connectivity index (χ0v) is 11.2. The molecule has 0 amide bonds. The molecule has 2 aromatic rings.